The topological polar surface area (TPSA) is 26.3 Å². The van der Waals surface area contributed by atoms with Crippen LogP contribution in [0.15, 0.2) is 48.0 Å². The third kappa shape index (κ3) is 3.29. The fourth-order valence-corrected chi connectivity index (χ4v) is 4.41. The summed E-state index contributed by atoms with van der Waals surface area (Å²) in [5, 5.41) is 2.25. The standard InChI is InChI=1S/C19H15F2IO2S/c1-3-24-18(23)19(20,21)11(2)17(22)12-8-9-14-13-6-4-5-7-15(13)25-16(14)10-12/h4-10H,3H2,1-2H3/b17-11+. The van der Waals surface area contributed by atoms with E-state index in [4.69, 9.17) is 0 Å². The number of hydrogen-bond acceptors (Lipinski definition) is 3. The summed E-state index contributed by atoms with van der Waals surface area (Å²) in [6.45, 7) is 2.70. The van der Waals surface area contributed by atoms with Gasteiger partial charge >= 0.3 is 11.9 Å². The van der Waals surface area contributed by atoms with E-state index in [-0.39, 0.29) is 12.2 Å². The molecule has 3 rings (SSSR count). The van der Waals surface area contributed by atoms with E-state index in [1.54, 1.807) is 11.3 Å². The van der Waals surface area contributed by atoms with Crippen LogP contribution in [0.25, 0.3) is 23.8 Å². The van der Waals surface area contributed by atoms with Crippen molar-refractivity contribution >= 4 is 63.6 Å². The first kappa shape index (κ1) is 18.3. The number of esters is 1. The van der Waals surface area contributed by atoms with Gasteiger partial charge in [0.25, 0.3) is 0 Å². The molecule has 0 amide bonds. The molecule has 25 heavy (non-hydrogen) atoms. The van der Waals surface area contributed by atoms with Crippen molar-refractivity contribution < 1.29 is 18.3 Å². The van der Waals surface area contributed by atoms with E-state index in [1.165, 1.54) is 13.8 Å². The Bertz CT molecular complexity index is 991. The lowest BCUT2D eigenvalue weighted by Gasteiger charge is -2.17. The van der Waals surface area contributed by atoms with Crippen molar-refractivity contribution in [3.63, 3.8) is 0 Å². The summed E-state index contributed by atoms with van der Waals surface area (Å²) < 4.78 is 35.6. The molecule has 6 heteroatoms. The maximum absolute atomic E-state index is 14.3. The molecule has 0 aliphatic rings. The predicted molar refractivity (Wildman–Crippen MR) is 108 cm³/mol. The van der Waals surface area contributed by atoms with E-state index >= 15 is 0 Å². The minimum absolute atomic E-state index is 0.0774. The van der Waals surface area contributed by atoms with Gasteiger partial charge in [0.2, 0.25) is 0 Å². The zero-order valence-electron chi connectivity index (χ0n) is 13.6. The third-order valence-corrected chi connectivity index (χ3v) is 6.53. The van der Waals surface area contributed by atoms with Crippen molar-refractivity contribution in [3.05, 3.63) is 53.6 Å². The first-order valence-corrected chi connectivity index (χ1v) is 9.59. The Morgan fingerprint density at radius 3 is 2.56 bits per heavy atom. The Kier molecular flexibility index (Phi) is 5.11. The molecule has 3 aromatic rings. The van der Waals surface area contributed by atoms with Crippen LogP contribution in [0.4, 0.5) is 8.78 Å². The Hall–Kier alpha value is -1.54. The third-order valence-electron chi connectivity index (χ3n) is 3.96. The fraction of sp³-hybridized carbons (Fsp3) is 0.211. The summed E-state index contributed by atoms with van der Waals surface area (Å²) in [6.07, 6.45) is 0. The van der Waals surface area contributed by atoms with Crippen LogP contribution in [0.1, 0.15) is 19.4 Å². The van der Waals surface area contributed by atoms with Crippen LogP contribution in [0, 0.1) is 0 Å². The number of ether oxygens (including phenoxy) is 1. The molecule has 0 radical (unpaired) electrons. The second kappa shape index (κ2) is 6.99. The molecule has 0 N–H and O–H groups in total. The quantitative estimate of drug-likeness (QED) is 0.324. The second-order valence-electron chi connectivity index (χ2n) is 5.54. The van der Waals surface area contributed by atoms with Crippen LogP contribution in [-0.2, 0) is 9.53 Å². The van der Waals surface area contributed by atoms with Gasteiger partial charge in [-0.05, 0) is 54.1 Å². The van der Waals surface area contributed by atoms with Crippen LogP contribution < -0.4 is 0 Å². The van der Waals surface area contributed by atoms with Crippen molar-refractivity contribution in [1.29, 1.82) is 0 Å². The average Bonchev–Trinajstić information content (AvgIpc) is 2.98. The Labute approximate surface area is 161 Å². The Morgan fingerprint density at radius 2 is 1.84 bits per heavy atom. The number of carbonyl (C=O) groups excluding carboxylic acids is 1. The van der Waals surface area contributed by atoms with Crippen molar-refractivity contribution in [3.8, 4) is 0 Å². The number of halogens is 3. The molecule has 1 heterocycles. The van der Waals surface area contributed by atoms with Gasteiger partial charge in [-0.15, -0.1) is 11.3 Å². The van der Waals surface area contributed by atoms with Crippen molar-refractivity contribution in [2.24, 2.45) is 0 Å². The van der Waals surface area contributed by atoms with Gasteiger partial charge in [-0.25, -0.2) is 4.79 Å². The molecule has 0 fully saturated rings. The van der Waals surface area contributed by atoms with Crippen LogP contribution in [0.2, 0.25) is 0 Å². The molecule has 0 spiro atoms. The first-order valence-electron chi connectivity index (χ1n) is 7.69. The summed E-state index contributed by atoms with van der Waals surface area (Å²) >= 11 is 3.49. The van der Waals surface area contributed by atoms with E-state index in [1.807, 2.05) is 59.0 Å². The van der Waals surface area contributed by atoms with Crippen LogP contribution in [-0.4, -0.2) is 18.5 Å². The van der Waals surface area contributed by atoms with Crippen molar-refractivity contribution in [2.45, 2.75) is 19.8 Å². The molecule has 2 aromatic carbocycles. The molecule has 0 saturated carbocycles. The molecule has 2 nitrogen and oxygen atoms in total. The monoisotopic (exact) mass is 472 g/mol. The van der Waals surface area contributed by atoms with Gasteiger partial charge < -0.3 is 4.74 Å². The number of rotatable bonds is 4. The molecule has 0 aliphatic heterocycles. The number of alkyl halides is 2. The van der Waals surface area contributed by atoms with Gasteiger partial charge in [0, 0.05) is 29.3 Å². The molecular formula is C19H15F2IO2S. The minimum atomic E-state index is -3.64. The molecule has 0 saturated heterocycles. The fourth-order valence-electron chi connectivity index (χ4n) is 2.59. The summed E-state index contributed by atoms with van der Waals surface area (Å²) in [5.41, 5.74) is 0.369. The highest BCUT2D eigenvalue weighted by Gasteiger charge is 2.44. The normalized spacial score (nSPS) is 13.2. The lowest BCUT2D eigenvalue weighted by atomic mass is 10.0. The van der Waals surface area contributed by atoms with Gasteiger partial charge in [-0.2, -0.15) is 8.78 Å². The molecule has 0 bridgehead atoms. The lowest BCUT2D eigenvalue weighted by molar-refractivity contribution is -0.165. The minimum Gasteiger partial charge on any atom is -0.461 e. The van der Waals surface area contributed by atoms with E-state index in [0.29, 0.717) is 9.14 Å². The molecular weight excluding hydrogens is 457 g/mol. The highest BCUT2D eigenvalue weighted by molar-refractivity contribution is 14.1. The molecule has 0 atom stereocenters. The molecule has 130 valence electrons. The number of thiophene rings is 1. The van der Waals surface area contributed by atoms with Crippen LogP contribution >= 0.6 is 33.9 Å². The number of carbonyl (C=O) groups is 1. The molecule has 0 aliphatic carbocycles. The zero-order chi connectivity index (χ0) is 18.2. The first-order chi connectivity index (χ1) is 11.9. The largest absolute Gasteiger partial charge is 0.461 e. The van der Waals surface area contributed by atoms with E-state index in [2.05, 4.69) is 10.8 Å². The number of hydrogen-bond donors (Lipinski definition) is 0. The smallest absolute Gasteiger partial charge is 0.381 e. The predicted octanol–water partition coefficient (Wildman–Crippen LogP) is 6.42. The zero-order valence-corrected chi connectivity index (χ0v) is 16.6. The van der Waals surface area contributed by atoms with Gasteiger partial charge in [0.15, 0.2) is 0 Å². The Morgan fingerprint density at radius 1 is 1.16 bits per heavy atom. The van der Waals surface area contributed by atoms with Gasteiger partial charge in [-0.3, -0.25) is 0 Å². The van der Waals surface area contributed by atoms with Gasteiger partial charge in [-0.1, -0.05) is 30.3 Å². The van der Waals surface area contributed by atoms with E-state index in [9.17, 15) is 13.6 Å². The summed E-state index contributed by atoms with van der Waals surface area (Å²) in [6, 6.07) is 13.7. The molecule has 0 unspecified atom stereocenters. The lowest BCUT2D eigenvalue weighted by Crippen LogP contribution is -2.32. The van der Waals surface area contributed by atoms with E-state index < -0.39 is 11.9 Å². The van der Waals surface area contributed by atoms with E-state index in [0.717, 1.165) is 20.2 Å². The number of benzene rings is 2. The van der Waals surface area contributed by atoms with Crippen LogP contribution in [0.3, 0.4) is 0 Å². The highest BCUT2D eigenvalue weighted by atomic mass is 127. The van der Waals surface area contributed by atoms with Gasteiger partial charge in [0.05, 0.1) is 6.61 Å². The van der Waals surface area contributed by atoms with Crippen molar-refractivity contribution in [2.75, 3.05) is 6.61 Å². The summed E-state index contributed by atoms with van der Waals surface area (Å²) in [7, 11) is 0. The summed E-state index contributed by atoms with van der Waals surface area (Å²) in [4.78, 5) is 11.6. The SMILES string of the molecule is CCOC(=O)C(F)(F)/C(C)=C(/I)c1ccc2c(c1)sc1ccccc12. The van der Waals surface area contributed by atoms with Crippen molar-refractivity contribution in [1.82, 2.24) is 0 Å². The average molecular weight is 472 g/mol. The summed E-state index contributed by atoms with van der Waals surface area (Å²) in [5.74, 6) is -5.15. The highest BCUT2D eigenvalue weighted by Crippen LogP contribution is 2.39. The molecule has 1 aromatic heterocycles. The maximum atomic E-state index is 14.3. The van der Waals surface area contributed by atoms with Gasteiger partial charge in [0.1, 0.15) is 0 Å². The van der Waals surface area contributed by atoms with Crippen LogP contribution in [0.5, 0.6) is 0 Å². The Balaban J connectivity index is 2.08. The maximum Gasteiger partial charge on any atom is 0.381 e. The second-order valence-corrected chi connectivity index (χ2v) is 7.71. The number of fused-ring (bicyclic) bond motifs is 3.